The first-order valence-corrected chi connectivity index (χ1v) is 9.97. The number of carbonyl (C=O) groups excluding carboxylic acids is 1. The summed E-state index contributed by atoms with van der Waals surface area (Å²) in [4.78, 5) is 13.2. The minimum absolute atomic E-state index is 0.118. The molecular weight excluding hydrogens is 368 g/mol. The number of aryl methyl sites for hydroxylation is 1. The molecule has 3 nitrogen and oxygen atoms in total. The van der Waals surface area contributed by atoms with Crippen molar-refractivity contribution in [3.63, 3.8) is 0 Å². The van der Waals surface area contributed by atoms with Crippen LogP contribution >= 0.6 is 11.6 Å². The van der Waals surface area contributed by atoms with Gasteiger partial charge >= 0.3 is 0 Å². The van der Waals surface area contributed by atoms with Gasteiger partial charge in [-0.1, -0.05) is 71.8 Å². The second-order valence-electron chi connectivity index (χ2n) is 6.02. The molecular formula is C21H17ClO3S. The molecule has 0 saturated carbocycles. The lowest BCUT2D eigenvalue weighted by Crippen LogP contribution is -2.23. The highest BCUT2D eigenvalue weighted by atomic mass is 35.5. The number of rotatable bonds is 5. The van der Waals surface area contributed by atoms with Gasteiger partial charge in [0.2, 0.25) is 0 Å². The molecule has 3 aromatic rings. The number of ketones is 1. The molecule has 0 unspecified atom stereocenters. The van der Waals surface area contributed by atoms with Gasteiger partial charge in [-0.05, 0) is 36.8 Å². The number of hydrogen-bond acceptors (Lipinski definition) is 3. The van der Waals surface area contributed by atoms with Crippen LogP contribution in [0.5, 0.6) is 0 Å². The molecule has 26 heavy (non-hydrogen) atoms. The van der Waals surface area contributed by atoms with Crippen LogP contribution in [0.15, 0.2) is 83.8 Å². The molecule has 5 heteroatoms. The molecule has 0 aliphatic carbocycles. The number of Topliss-reactive ketones (excluding diaryl/α,β-unsaturated/α-hetero) is 1. The van der Waals surface area contributed by atoms with E-state index < -0.39 is 20.9 Å². The van der Waals surface area contributed by atoms with E-state index in [9.17, 15) is 13.2 Å². The predicted molar refractivity (Wildman–Crippen MR) is 103 cm³/mol. The van der Waals surface area contributed by atoms with Gasteiger partial charge in [-0.15, -0.1) is 0 Å². The van der Waals surface area contributed by atoms with Gasteiger partial charge in [0.15, 0.2) is 20.9 Å². The number of hydrogen-bond donors (Lipinski definition) is 0. The highest BCUT2D eigenvalue weighted by Crippen LogP contribution is 2.33. The molecule has 0 bridgehead atoms. The number of sulfone groups is 1. The van der Waals surface area contributed by atoms with Crippen LogP contribution in [0.25, 0.3) is 0 Å². The Hall–Kier alpha value is -2.43. The smallest absolute Gasteiger partial charge is 0.192 e. The first-order valence-electron chi connectivity index (χ1n) is 8.05. The standard InChI is InChI=1S/C21H17ClO3S/c1-15-7-13-19(14-8-15)26(24,25)21(17-9-11-18(22)12-10-17)20(23)16-5-3-2-4-6-16/h2-14,21H,1H3/t21-/m0/s1. The van der Waals surface area contributed by atoms with E-state index in [1.807, 2.05) is 6.92 Å². The molecule has 3 aromatic carbocycles. The largest absolute Gasteiger partial charge is 0.292 e. The van der Waals surface area contributed by atoms with E-state index >= 15 is 0 Å². The van der Waals surface area contributed by atoms with E-state index in [2.05, 4.69) is 0 Å². The van der Waals surface area contributed by atoms with Crippen molar-refractivity contribution in [1.82, 2.24) is 0 Å². The number of carbonyl (C=O) groups is 1. The van der Waals surface area contributed by atoms with Gasteiger partial charge in [0.1, 0.15) is 0 Å². The fraction of sp³-hybridized carbons (Fsp3) is 0.0952. The summed E-state index contributed by atoms with van der Waals surface area (Å²) in [7, 11) is -3.92. The summed E-state index contributed by atoms with van der Waals surface area (Å²) < 4.78 is 26.6. The molecule has 0 saturated heterocycles. The van der Waals surface area contributed by atoms with Crippen molar-refractivity contribution in [2.24, 2.45) is 0 Å². The lowest BCUT2D eigenvalue weighted by Gasteiger charge is -2.18. The second-order valence-corrected chi connectivity index (χ2v) is 8.49. The Bertz CT molecular complexity index is 1010. The fourth-order valence-electron chi connectivity index (χ4n) is 2.73. The minimum Gasteiger partial charge on any atom is -0.292 e. The first kappa shape index (κ1) is 18.4. The molecule has 3 rings (SSSR count). The van der Waals surface area contributed by atoms with Crippen LogP contribution in [-0.2, 0) is 9.84 Å². The molecule has 0 aliphatic heterocycles. The summed E-state index contributed by atoms with van der Waals surface area (Å²) in [5, 5.41) is -0.850. The van der Waals surface area contributed by atoms with Crippen molar-refractivity contribution in [2.45, 2.75) is 17.1 Å². The Labute approximate surface area is 158 Å². The summed E-state index contributed by atoms with van der Waals surface area (Å²) >= 11 is 5.93. The van der Waals surface area contributed by atoms with Gasteiger partial charge in [-0.25, -0.2) is 8.42 Å². The zero-order valence-corrected chi connectivity index (χ0v) is 15.7. The molecule has 0 fully saturated rings. The van der Waals surface area contributed by atoms with Crippen molar-refractivity contribution in [1.29, 1.82) is 0 Å². The molecule has 0 radical (unpaired) electrons. The molecule has 0 aliphatic rings. The van der Waals surface area contributed by atoms with E-state index in [1.165, 1.54) is 12.1 Å². The van der Waals surface area contributed by atoms with Crippen LogP contribution in [0, 0.1) is 6.92 Å². The van der Waals surface area contributed by atoms with Crippen LogP contribution in [0.2, 0.25) is 5.02 Å². The molecule has 0 aromatic heterocycles. The van der Waals surface area contributed by atoms with E-state index in [0.717, 1.165) is 5.56 Å². The third kappa shape index (κ3) is 3.71. The average molecular weight is 385 g/mol. The van der Waals surface area contributed by atoms with E-state index in [-0.39, 0.29) is 4.90 Å². The summed E-state index contributed by atoms with van der Waals surface area (Å²) in [6, 6.07) is 21.3. The van der Waals surface area contributed by atoms with Crippen LogP contribution in [0.4, 0.5) is 0 Å². The Kier molecular flexibility index (Phi) is 5.25. The average Bonchev–Trinajstić information content (AvgIpc) is 2.64. The van der Waals surface area contributed by atoms with Crippen molar-refractivity contribution >= 4 is 27.2 Å². The maximum atomic E-state index is 13.3. The van der Waals surface area contributed by atoms with Crippen molar-refractivity contribution in [3.05, 3.63) is 101 Å². The summed E-state index contributed by atoms with van der Waals surface area (Å²) in [5.41, 5.74) is 1.69. The number of benzene rings is 3. The van der Waals surface area contributed by atoms with Gasteiger partial charge in [0.25, 0.3) is 0 Å². The summed E-state index contributed by atoms with van der Waals surface area (Å²) in [5.74, 6) is -0.464. The van der Waals surface area contributed by atoms with Gasteiger partial charge in [0.05, 0.1) is 4.90 Å². The lowest BCUT2D eigenvalue weighted by atomic mass is 10.0. The Morgan fingerprint density at radius 1 is 0.846 bits per heavy atom. The summed E-state index contributed by atoms with van der Waals surface area (Å²) in [6.45, 7) is 1.88. The quantitative estimate of drug-likeness (QED) is 0.578. The fourth-order valence-corrected chi connectivity index (χ4v) is 4.57. The Balaban J connectivity index is 2.15. The lowest BCUT2D eigenvalue weighted by molar-refractivity contribution is 0.0986. The normalized spacial score (nSPS) is 12.5. The molecule has 0 N–H and O–H groups in total. The maximum Gasteiger partial charge on any atom is 0.192 e. The second kappa shape index (κ2) is 7.44. The van der Waals surface area contributed by atoms with Gasteiger partial charge in [0, 0.05) is 10.6 Å². The Morgan fingerprint density at radius 2 is 1.42 bits per heavy atom. The zero-order chi connectivity index (χ0) is 18.7. The zero-order valence-electron chi connectivity index (χ0n) is 14.1. The molecule has 0 heterocycles. The maximum absolute atomic E-state index is 13.3. The van der Waals surface area contributed by atoms with Gasteiger partial charge < -0.3 is 0 Å². The SMILES string of the molecule is Cc1ccc(S(=O)(=O)[C@H](C(=O)c2ccccc2)c2ccc(Cl)cc2)cc1. The summed E-state index contributed by atoms with van der Waals surface area (Å²) in [6.07, 6.45) is 0. The highest BCUT2D eigenvalue weighted by Gasteiger charge is 2.36. The van der Waals surface area contributed by atoms with Crippen LogP contribution < -0.4 is 0 Å². The molecule has 132 valence electrons. The number of halogens is 1. The van der Waals surface area contributed by atoms with Crippen molar-refractivity contribution < 1.29 is 13.2 Å². The van der Waals surface area contributed by atoms with Crippen LogP contribution in [0.3, 0.4) is 0 Å². The van der Waals surface area contributed by atoms with Crippen LogP contribution in [0.1, 0.15) is 26.7 Å². The monoisotopic (exact) mass is 384 g/mol. The third-order valence-electron chi connectivity index (χ3n) is 4.13. The highest BCUT2D eigenvalue weighted by molar-refractivity contribution is 7.92. The Morgan fingerprint density at radius 3 is 2.00 bits per heavy atom. The topological polar surface area (TPSA) is 51.2 Å². The predicted octanol–water partition coefficient (Wildman–Crippen LogP) is 5.05. The van der Waals surface area contributed by atoms with Gasteiger partial charge in [-0.2, -0.15) is 0 Å². The molecule has 0 amide bonds. The van der Waals surface area contributed by atoms with Crippen molar-refractivity contribution in [2.75, 3.05) is 0 Å². The van der Waals surface area contributed by atoms with Crippen LogP contribution in [-0.4, -0.2) is 14.2 Å². The van der Waals surface area contributed by atoms with E-state index in [1.54, 1.807) is 66.7 Å². The van der Waals surface area contributed by atoms with Crippen molar-refractivity contribution in [3.8, 4) is 0 Å². The minimum atomic E-state index is -3.92. The van der Waals surface area contributed by atoms with E-state index in [0.29, 0.717) is 16.1 Å². The van der Waals surface area contributed by atoms with E-state index in [4.69, 9.17) is 11.6 Å². The third-order valence-corrected chi connectivity index (χ3v) is 6.42. The van der Waals surface area contributed by atoms with Gasteiger partial charge in [-0.3, -0.25) is 4.79 Å². The molecule has 1 atom stereocenters. The first-order chi connectivity index (χ1) is 12.4. The molecule has 0 spiro atoms.